The quantitative estimate of drug-likeness (QED) is 0.846. The van der Waals surface area contributed by atoms with Crippen LogP contribution in [0.5, 0.6) is 0 Å². The minimum Gasteiger partial charge on any atom is -0.335 e. The predicted octanol–water partition coefficient (Wildman–Crippen LogP) is 3.06. The molecule has 0 aliphatic heterocycles. The molecule has 0 bridgehead atoms. The predicted molar refractivity (Wildman–Crippen MR) is 91.9 cm³/mol. The molecule has 0 saturated carbocycles. The molecule has 0 fully saturated rings. The molecule has 2 aromatic carbocycles. The lowest BCUT2D eigenvalue weighted by molar-refractivity contribution is 0.0742. The van der Waals surface area contributed by atoms with E-state index in [1.165, 1.54) is 6.26 Å². The van der Waals surface area contributed by atoms with Crippen molar-refractivity contribution in [1.82, 2.24) is 4.90 Å². The van der Waals surface area contributed by atoms with Crippen LogP contribution >= 0.6 is 0 Å². The highest BCUT2D eigenvalue weighted by Crippen LogP contribution is 2.20. The Balaban J connectivity index is 2.13. The molecule has 0 radical (unpaired) electrons. The third-order valence-electron chi connectivity index (χ3n) is 3.81. The molecular weight excluding hydrogens is 310 g/mol. The summed E-state index contributed by atoms with van der Waals surface area (Å²) in [5, 5.41) is 0. The largest absolute Gasteiger partial charge is 0.335 e. The molecule has 2 aromatic rings. The molecule has 1 unspecified atom stereocenters. The standard InChI is InChI=1S/C18H21NO3S/c1-14(16-7-5-4-6-8-16)19(2)18(20)17-11-9-15(10-12-17)13-23(3,21)22/h4-12,14H,13H2,1-3H3. The Morgan fingerprint density at radius 2 is 1.61 bits per heavy atom. The maximum Gasteiger partial charge on any atom is 0.254 e. The van der Waals surface area contributed by atoms with Crippen molar-refractivity contribution in [1.29, 1.82) is 0 Å². The zero-order chi connectivity index (χ0) is 17.0. The number of benzene rings is 2. The van der Waals surface area contributed by atoms with E-state index in [2.05, 4.69) is 0 Å². The minimum absolute atomic E-state index is 0.0161. The number of rotatable bonds is 5. The minimum atomic E-state index is -3.07. The summed E-state index contributed by atoms with van der Waals surface area (Å²) in [5.74, 6) is -0.107. The van der Waals surface area contributed by atoms with Crippen molar-refractivity contribution in [2.24, 2.45) is 0 Å². The average molecular weight is 331 g/mol. The summed E-state index contributed by atoms with van der Waals surface area (Å²) in [6.07, 6.45) is 1.20. The number of carbonyl (C=O) groups is 1. The van der Waals surface area contributed by atoms with Crippen molar-refractivity contribution >= 4 is 15.7 Å². The molecule has 0 aliphatic rings. The second kappa shape index (κ2) is 6.96. The molecule has 0 spiro atoms. The number of hydrogen-bond donors (Lipinski definition) is 0. The molecule has 0 N–H and O–H groups in total. The van der Waals surface area contributed by atoms with Crippen LogP contribution in [0, 0.1) is 0 Å². The first kappa shape index (κ1) is 17.2. The lowest BCUT2D eigenvalue weighted by atomic mass is 10.1. The Morgan fingerprint density at radius 1 is 1.04 bits per heavy atom. The zero-order valence-corrected chi connectivity index (χ0v) is 14.4. The molecule has 23 heavy (non-hydrogen) atoms. The fraction of sp³-hybridized carbons (Fsp3) is 0.278. The third-order valence-corrected chi connectivity index (χ3v) is 4.67. The molecular formula is C18H21NO3S. The van der Waals surface area contributed by atoms with Gasteiger partial charge in [0.2, 0.25) is 0 Å². The Bertz CT molecular complexity index is 768. The van der Waals surface area contributed by atoms with Gasteiger partial charge in [0.1, 0.15) is 0 Å². The van der Waals surface area contributed by atoms with Crippen molar-refractivity contribution in [3.63, 3.8) is 0 Å². The van der Waals surface area contributed by atoms with Gasteiger partial charge in [0.25, 0.3) is 5.91 Å². The van der Waals surface area contributed by atoms with E-state index in [1.54, 1.807) is 36.2 Å². The summed E-state index contributed by atoms with van der Waals surface area (Å²) in [4.78, 5) is 14.2. The van der Waals surface area contributed by atoms with Crippen LogP contribution in [-0.2, 0) is 15.6 Å². The molecule has 5 heteroatoms. The SMILES string of the molecule is CC(c1ccccc1)N(C)C(=O)c1ccc(CS(C)(=O)=O)cc1. The Morgan fingerprint density at radius 3 is 2.13 bits per heavy atom. The highest BCUT2D eigenvalue weighted by atomic mass is 32.2. The van der Waals surface area contributed by atoms with E-state index in [-0.39, 0.29) is 17.7 Å². The van der Waals surface area contributed by atoms with Gasteiger partial charge < -0.3 is 4.90 Å². The van der Waals surface area contributed by atoms with Crippen molar-refractivity contribution in [3.8, 4) is 0 Å². The fourth-order valence-corrected chi connectivity index (χ4v) is 3.18. The van der Waals surface area contributed by atoms with Gasteiger partial charge in [-0.05, 0) is 30.2 Å². The van der Waals surface area contributed by atoms with Crippen LogP contribution < -0.4 is 0 Å². The van der Waals surface area contributed by atoms with Gasteiger partial charge in [0.15, 0.2) is 9.84 Å². The highest BCUT2D eigenvalue weighted by Gasteiger charge is 2.18. The van der Waals surface area contributed by atoms with Crippen LogP contribution in [0.1, 0.15) is 34.5 Å². The molecule has 2 rings (SSSR count). The van der Waals surface area contributed by atoms with Crippen LogP contribution in [-0.4, -0.2) is 32.5 Å². The number of hydrogen-bond acceptors (Lipinski definition) is 3. The lowest BCUT2D eigenvalue weighted by Gasteiger charge is -2.25. The summed E-state index contributed by atoms with van der Waals surface area (Å²) in [6, 6.07) is 16.5. The summed E-state index contributed by atoms with van der Waals surface area (Å²) in [5.41, 5.74) is 2.30. The third kappa shape index (κ3) is 4.66. The van der Waals surface area contributed by atoms with Gasteiger partial charge in [-0.2, -0.15) is 0 Å². The molecule has 4 nitrogen and oxygen atoms in total. The second-order valence-corrected chi connectivity index (χ2v) is 7.91. The van der Waals surface area contributed by atoms with E-state index in [4.69, 9.17) is 0 Å². The summed E-state index contributed by atoms with van der Waals surface area (Å²) in [6.45, 7) is 1.98. The second-order valence-electron chi connectivity index (χ2n) is 5.77. The average Bonchev–Trinajstić information content (AvgIpc) is 2.53. The van der Waals surface area contributed by atoms with E-state index in [0.717, 1.165) is 5.56 Å². The number of nitrogens with zero attached hydrogens (tertiary/aromatic N) is 1. The van der Waals surface area contributed by atoms with Gasteiger partial charge in [-0.3, -0.25) is 4.79 Å². The van der Waals surface area contributed by atoms with E-state index < -0.39 is 9.84 Å². The van der Waals surface area contributed by atoms with Gasteiger partial charge in [0, 0.05) is 18.9 Å². The van der Waals surface area contributed by atoms with Crippen molar-refractivity contribution in [3.05, 3.63) is 71.3 Å². The smallest absolute Gasteiger partial charge is 0.254 e. The maximum atomic E-state index is 12.6. The van der Waals surface area contributed by atoms with Crippen molar-refractivity contribution in [2.75, 3.05) is 13.3 Å². The summed E-state index contributed by atoms with van der Waals surface area (Å²) < 4.78 is 22.6. The number of sulfone groups is 1. The number of carbonyl (C=O) groups excluding carboxylic acids is 1. The van der Waals surface area contributed by atoms with Crippen molar-refractivity contribution < 1.29 is 13.2 Å². The van der Waals surface area contributed by atoms with Crippen LogP contribution in [0.2, 0.25) is 0 Å². The molecule has 122 valence electrons. The van der Waals surface area contributed by atoms with E-state index in [9.17, 15) is 13.2 Å². The van der Waals surface area contributed by atoms with E-state index in [1.807, 2.05) is 37.3 Å². The molecule has 0 aliphatic carbocycles. The number of amides is 1. The summed E-state index contributed by atoms with van der Waals surface area (Å²) >= 11 is 0. The first-order valence-corrected chi connectivity index (χ1v) is 9.43. The summed E-state index contributed by atoms with van der Waals surface area (Å²) in [7, 11) is -1.30. The molecule has 0 saturated heterocycles. The maximum absolute atomic E-state index is 12.6. The monoisotopic (exact) mass is 331 g/mol. The van der Waals surface area contributed by atoms with Crippen molar-refractivity contribution in [2.45, 2.75) is 18.7 Å². The van der Waals surface area contributed by atoms with Gasteiger partial charge >= 0.3 is 0 Å². The Hall–Kier alpha value is -2.14. The first-order valence-electron chi connectivity index (χ1n) is 7.37. The normalized spacial score (nSPS) is 12.7. The fourth-order valence-electron chi connectivity index (χ4n) is 2.38. The molecule has 0 aromatic heterocycles. The van der Waals surface area contributed by atoms with E-state index >= 15 is 0 Å². The Kier molecular flexibility index (Phi) is 5.21. The van der Waals surface area contributed by atoms with Gasteiger partial charge in [0.05, 0.1) is 11.8 Å². The van der Waals surface area contributed by atoms with Crippen LogP contribution in [0.4, 0.5) is 0 Å². The Labute approximate surface area is 137 Å². The van der Waals surface area contributed by atoms with Gasteiger partial charge in [-0.1, -0.05) is 42.5 Å². The van der Waals surface area contributed by atoms with Crippen LogP contribution in [0.3, 0.4) is 0 Å². The molecule has 1 atom stereocenters. The lowest BCUT2D eigenvalue weighted by Crippen LogP contribution is -2.29. The van der Waals surface area contributed by atoms with Crippen LogP contribution in [0.15, 0.2) is 54.6 Å². The van der Waals surface area contributed by atoms with Crippen LogP contribution in [0.25, 0.3) is 0 Å². The topological polar surface area (TPSA) is 54.5 Å². The van der Waals surface area contributed by atoms with Gasteiger partial charge in [-0.25, -0.2) is 8.42 Å². The molecule has 1 amide bonds. The molecule has 0 heterocycles. The zero-order valence-electron chi connectivity index (χ0n) is 13.6. The highest BCUT2D eigenvalue weighted by molar-refractivity contribution is 7.89. The first-order chi connectivity index (χ1) is 10.8. The van der Waals surface area contributed by atoms with Gasteiger partial charge in [-0.15, -0.1) is 0 Å². The van der Waals surface area contributed by atoms with E-state index in [0.29, 0.717) is 11.1 Å².